The number of amides is 2. The molecule has 0 aromatic heterocycles. The Morgan fingerprint density at radius 1 is 1.00 bits per heavy atom. The molecule has 0 saturated heterocycles. The zero-order valence-corrected chi connectivity index (χ0v) is 8.09. The third-order valence-electron chi connectivity index (χ3n) is 3.66. The Labute approximate surface area is 77.7 Å². The lowest BCUT2D eigenvalue weighted by Crippen LogP contribution is -2.50. The van der Waals surface area contributed by atoms with Crippen LogP contribution in [0.25, 0.3) is 0 Å². The number of nitrogens with two attached hydrogens (primary N) is 2. The van der Waals surface area contributed by atoms with E-state index in [1.807, 2.05) is 0 Å². The summed E-state index contributed by atoms with van der Waals surface area (Å²) in [6.45, 7) is 3.46. The summed E-state index contributed by atoms with van der Waals surface area (Å²) in [4.78, 5) is 22.5. The SMILES string of the molecule is CC1(C(N)=O)CCCC1(C)C(N)=O. The zero-order chi connectivity index (χ0) is 10.3. The van der Waals surface area contributed by atoms with Gasteiger partial charge in [-0.15, -0.1) is 0 Å². The van der Waals surface area contributed by atoms with Crippen LogP contribution in [-0.2, 0) is 9.59 Å². The minimum Gasteiger partial charge on any atom is -0.369 e. The van der Waals surface area contributed by atoms with Gasteiger partial charge >= 0.3 is 0 Å². The second-order valence-electron chi connectivity index (χ2n) is 4.25. The third kappa shape index (κ3) is 1.12. The highest BCUT2D eigenvalue weighted by Crippen LogP contribution is 2.52. The topological polar surface area (TPSA) is 86.2 Å². The van der Waals surface area contributed by atoms with Crippen LogP contribution < -0.4 is 11.5 Å². The van der Waals surface area contributed by atoms with Crippen molar-refractivity contribution in [3.8, 4) is 0 Å². The number of rotatable bonds is 2. The maximum absolute atomic E-state index is 11.3. The molecule has 4 nitrogen and oxygen atoms in total. The number of carbonyl (C=O) groups excluding carboxylic acids is 2. The van der Waals surface area contributed by atoms with Crippen molar-refractivity contribution in [3.63, 3.8) is 0 Å². The third-order valence-corrected chi connectivity index (χ3v) is 3.66. The first-order valence-electron chi connectivity index (χ1n) is 4.44. The van der Waals surface area contributed by atoms with Crippen molar-refractivity contribution in [2.24, 2.45) is 22.3 Å². The molecule has 1 rings (SSSR count). The Balaban J connectivity index is 3.11. The molecule has 0 aromatic rings. The smallest absolute Gasteiger partial charge is 0.224 e. The van der Waals surface area contributed by atoms with Gasteiger partial charge < -0.3 is 11.5 Å². The van der Waals surface area contributed by atoms with Gasteiger partial charge in [-0.25, -0.2) is 0 Å². The van der Waals surface area contributed by atoms with E-state index in [2.05, 4.69) is 0 Å². The standard InChI is InChI=1S/C9H16N2O2/c1-8(6(10)12)4-3-5-9(8,2)7(11)13/h3-5H2,1-2H3,(H2,10,12)(H2,11,13). The molecule has 4 N–H and O–H groups in total. The summed E-state index contributed by atoms with van der Waals surface area (Å²) in [7, 11) is 0. The molecule has 1 aliphatic carbocycles. The van der Waals surface area contributed by atoms with Gasteiger partial charge in [-0.1, -0.05) is 6.42 Å². The van der Waals surface area contributed by atoms with Crippen molar-refractivity contribution in [1.29, 1.82) is 0 Å². The molecule has 1 fully saturated rings. The predicted molar refractivity (Wildman–Crippen MR) is 48.5 cm³/mol. The second-order valence-corrected chi connectivity index (χ2v) is 4.25. The molecule has 0 aliphatic heterocycles. The number of primary amides is 2. The van der Waals surface area contributed by atoms with Crippen LogP contribution in [0.1, 0.15) is 33.1 Å². The van der Waals surface area contributed by atoms with Crippen LogP contribution >= 0.6 is 0 Å². The maximum Gasteiger partial charge on any atom is 0.224 e. The molecule has 0 bridgehead atoms. The Morgan fingerprint density at radius 3 is 1.54 bits per heavy atom. The van der Waals surface area contributed by atoms with Gasteiger partial charge in [-0.3, -0.25) is 9.59 Å². The first-order chi connectivity index (χ1) is 5.84. The fraction of sp³-hybridized carbons (Fsp3) is 0.778. The Kier molecular flexibility index (Phi) is 2.10. The molecule has 1 saturated carbocycles. The van der Waals surface area contributed by atoms with E-state index in [0.717, 1.165) is 6.42 Å². The fourth-order valence-electron chi connectivity index (χ4n) is 2.14. The molecule has 13 heavy (non-hydrogen) atoms. The summed E-state index contributed by atoms with van der Waals surface area (Å²) in [6, 6.07) is 0. The van der Waals surface area contributed by atoms with E-state index in [9.17, 15) is 9.59 Å². The van der Waals surface area contributed by atoms with E-state index in [1.54, 1.807) is 13.8 Å². The summed E-state index contributed by atoms with van der Waals surface area (Å²) in [5.74, 6) is -0.849. The molecule has 0 heterocycles. The van der Waals surface area contributed by atoms with Crippen molar-refractivity contribution >= 4 is 11.8 Å². The molecule has 4 heteroatoms. The van der Waals surface area contributed by atoms with Gasteiger partial charge in [0, 0.05) is 0 Å². The van der Waals surface area contributed by atoms with Gasteiger partial charge in [0.2, 0.25) is 11.8 Å². The van der Waals surface area contributed by atoms with E-state index in [-0.39, 0.29) is 0 Å². The maximum atomic E-state index is 11.3. The van der Waals surface area contributed by atoms with Gasteiger partial charge in [0.05, 0.1) is 10.8 Å². The monoisotopic (exact) mass is 184 g/mol. The van der Waals surface area contributed by atoms with Crippen LogP contribution in [0.4, 0.5) is 0 Å². The van der Waals surface area contributed by atoms with Gasteiger partial charge in [0.25, 0.3) is 0 Å². The van der Waals surface area contributed by atoms with Crippen molar-refractivity contribution in [3.05, 3.63) is 0 Å². The van der Waals surface area contributed by atoms with E-state index < -0.39 is 22.6 Å². The summed E-state index contributed by atoms with van der Waals surface area (Å²) in [5.41, 5.74) is 9.07. The lowest BCUT2D eigenvalue weighted by atomic mass is 9.67. The van der Waals surface area contributed by atoms with Crippen LogP contribution in [0.5, 0.6) is 0 Å². The summed E-state index contributed by atoms with van der Waals surface area (Å²) in [6.07, 6.45) is 2.14. The minimum atomic E-state index is -0.765. The van der Waals surface area contributed by atoms with E-state index in [4.69, 9.17) is 11.5 Å². The molecule has 2 unspecified atom stereocenters. The fourth-order valence-corrected chi connectivity index (χ4v) is 2.14. The van der Waals surface area contributed by atoms with Crippen LogP contribution in [0.15, 0.2) is 0 Å². The molecule has 0 aromatic carbocycles. The van der Waals surface area contributed by atoms with E-state index >= 15 is 0 Å². The first-order valence-corrected chi connectivity index (χ1v) is 4.44. The molecular weight excluding hydrogens is 168 g/mol. The molecule has 0 radical (unpaired) electrons. The average molecular weight is 184 g/mol. The largest absolute Gasteiger partial charge is 0.369 e. The van der Waals surface area contributed by atoms with Gasteiger partial charge in [-0.05, 0) is 26.7 Å². The highest BCUT2D eigenvalue weighted by atomic mass is 16.2. The van der Waals surface area contributed by atoms with Crippen molar-refractivity contribution in [1.82, 2.24) is 0 Å². The zero-order valence-electron chi connectivity index (χ0n) is 8.09. The van der Waals surface area contributed by atoms with Gasteiger partial charge in [0.15, 0.2) is 0 Å². The first kappa shape index (κ1) is 10.0. The lowest BCUT2D eigenvalue weighted by molar-refractivity contribution is -0.143. The number of hydrogen-bond acceptors (Lipinski definition) is 2. The summed E-state index contributed by atoms with van der Waals surface area (Å²) >= 11 is 0. The van der Waals surface area contributed by atoms with Crippen LogP contribution in [0, 0.1) is 10.8 Å². The second kappa shape index (κ2) is 2.72. The lowest BCUT2D eigenvalue weighted by Gasteiger charge is -2.35. The minimum absolute atomic E-state index is 0.425. The summed E-state index contributed by atoms with van der Waals surface area (Å²) in [5, 5.41) is 0. The quantitative estimate of drug-likeness (QED) is 0.640. The Morgan fingerprint density at radius 2 is 1.31 bits per heavy atom. The predicted octanol–water partition coefficient (Wildman–Crippen LogP) is 0.153. The number of hydrogen-bond donors (Lipinski definition) is 2. The molecular formula is C9H16N2O2. The molecule has 0 spiro atoms. The highest BCUT2D eigenvalue weighted by molar-refractivity contribution is 5.92. The molecule has 2 amide bonds. The average Bonchev–Trinajstić information content (AvgIpc) is 2.31. The van der Waals surface area contributed by atoms with Crippen molar-refractivity contribution in [2.75, 3.05) is 0 Å². The van der Waals surface area contributed by atoms with Crippen LogP contribution in [0.3, 0.4) is 0 Å². The normalized spacial score (nSPS) is 38.9. The molecule has 74 valence electrons. The van der Waals surface area contributed by atoms with Gasteiger partial charge in [0.1, 0.15) is 0 Å². The van der Waals surface area contributed by atoms with E-state index in [0.29, 0.717) is 12.8 Å². The highest BCUT2D eigenvalue weighted by Gasteiger charge is 2.56. The van der Waals surface area contributed by atoms with Crippen LogP contribution in [0.2, 0.25) is 0 Å². The van der Waals surface area contributed by atoms with Gasteiger partial charge in [-0.2, -0.15) is 0 Å². The molecule has 1 aliphatic rings. The van der Waals surface area contributed by atoms with E-state index in [1.165, 1.54) is 0 Å². The van der Waals surface area contributed by atoms with Crippen molar-refractivity contribution < 1.29 is 9.59 Å². The Bertz CT molecular complexity index is 238. The molecule has 2 atom stereocenters. The Hall–Kier alpha value is -1.06. The summed E-state index contributed by atoms with van der Waals surface area (Å²) < 4.78 is 0. The number of carbonyl (C=O) groups is 2. The van der Waals surface area contributed by atoms with Crippen LogP contribution in [-0.4, -0.2) is 11.8 Å². The van der Waals surface area contributed by atoms with Crippen molar-refractivity contribution in [2.45, 2.75) is 33.1 Å².